The lowest BCUT2D eigenvalue weighted by molar-refractivity contribution is 0.660. The van der Waals surface area contributed by atoms with E-state index >= 15 is 0 Å². The van der Waals surface area contributed by atoms with Gasteiger partial charge in [0.15, 0.2) is 0 Å². The molecule has 1 aromatic heterocycles. The molecule has 1 heterocycles. The number of allylic oxidation sites excluding steroid dienone is 4. The van der Waals surface area contributed by atoms with E-state index in [1.165, 1.54) is 72.0 Å². The first-order valence-electron chi connectivity index (χ1n) is 18.8. The van der Waals surface area contributed by atoms with Crippen LogP contribution < -0.4 is 4.90 Å². The van der Waals surface area contributed by atoms with Gasteiger partial charge in [-0.3, -0.25) is 0 Å². The minimum absolute atomic E-state index is 0.0800. The Morgan fingerprint density at radius 3 is 1.91 bits per heavy atom. The number of benzene rings is 7. The van der Waals surface area contributed by atoms with Crippen molar-refractivity contribution in [3.63, 3.8) is 0 Å². The topological polar surface area (TPSA) is 8.17 Å². The van der Waals surface area contributed by atoms with Gasteiger partial charge in [-0.1, -0.05) is 129 Å². The highest BCUT2D eigenvalue weighted by molar-refractivity contribution is 6.10. The maximum absolute atomic E-state index is 2.42. The molecule has 0 radical (unpaired) electrons. The van der Waals surface area contributed by atoms with Crippen molar-refractivity contribution in [2.75, 3.05) is 4.90 Å². The zero-order chi connectivity index (χ0) is 35.5. The van der Waals surface area contributed by atoms with Crippen LogP contribution in [0.15, 0.2) is 182 Å². The van der Waals surface area contributed by atoms with E-state index in [0.717, 1.165) is 29.9 Å². The van der Waals surface area contributed by atoms with E-state index in [1.54, 1.807) is 0 Å². The first-order chi connectivity index (χ1) is 26.0. The third-order valence-electron chi connectivity index (χ3n) is 11.4. The Morgan fingerprint density at radius 1 is 0.491 bits per heavy atom. The number of fused-ring (bicyclic) bond motifs is 6. The Morgan fingerprint density at radius 2 is 1.13 bits per heavy atom. The smallest absolute Gasteiger partial charge is 0.0541 e. The fraction of sp³-hybridized carbons (Fsp3) is 0.0980. The number of nitrogens with zero attached hydrogens (tertiary/aromatic N) is 2. The molecule has 8 aromatic rings. The summed E-state index contributed by atoms with van der Waals surface area (Å²) < 4.78 is 2.37. The Kier molecular flexibility index (Phi) is 7.33. The van der Waals surface area contributed by atoms with E-state index < -0.39 is 0 Å². The lowest BCUT2D eigenvalue weighted by Gasteiger charge is -2.28. The molecule has 2 nitrogen and oxygen atoms in total. The summed E-state index contributed by atoms with van der Waals surface area (Å²) in [5, 5.41) is 2.53. The highest BCUT2D eigenvalue weighted by atomic mass is 15.1. The number of anilines is 3. The zero-order valence-electron chi connectivity index (χ0n) is 30.1. The number of hydrogen-bond donors (Lipinski definition) is 0. The monoisotopic (exact) mass is 680 g/mol. The normalized spacial score (nSPS) is 14.3. The fourth-order valence-corrected chi connectivity index (χ4v) is 8.72. The Hall–Kier alpha value is -6.38. The lowest BCUT2D eigenvalue weighted by Crippen LogP contribution is -2.16. The minimum Gasteiger partial charge on any atom is -0.310 e. The SMILES string of the molecule is CC1(C)c2ccccc2-c2ccc(N(c3ccc(C4=CCCC=C4)cc3)c3ccc(-c4ccc5c(c4)c4ccccc4n5-c4ccccc4)cc3)cc21. The van der Waals surface area contributed by atoms with Crippen LogP contribution in [-0.2, 0) is 5.41 Å². The summed E-state index contributed by atoms with van der Waals surface area (Å²) in [6.07, 6.45) is 9.10. The molecule has 254 valence electrons. The van der Waals surface area contributed by atoms with Crippen LogP contribution in [0.1, 0.15) is 43.4 Å². The molecule has 0 saturated heterocycles. The van der Waals surface area contributed by atoms with E-state index in [9.17, 15) is 0 Å². The molecule has 0 unspecified atom stereocenters. The fourth-order valence-electron chi connectivity index (χ4n) is 8.72. The van der Waals surface area contributed by atoms with Gasteiger partial charge in [0.05, 0.1) is 11.0 Å². The molecule has 2 aliphatic carbocycles. The Balaban J connectivity index is 1.06. The second-order valence-electron chi connectivity index (χ2n) is 14.9. The van der Waals surface area contributed by atoms with Gasteiger partial charge in [0, 0.05) is 38.9 Å². The van der Waals surface area contributed by atoms with Crippen LogP contribution in [0.3, 0.4) is 0 Å². The van der Waals surface area contributed by atoms with E-state index in [-0.39, 0.29) is 5.41 Å². The molecule has 2 heteroatoms. The molecule has 0 atom stereocenters. The molecule has 53 heavy (non-hydrogen) atoms. The summed E-state index contributed by atoms with van der Waals surface area (Å²) in [6.45, 7) is 4.71. The molecule has 0 N–H and O–H groups in total. The summed E-state index contributed by atoms with van der Waals surface area (Å²) in [7, 11) is 0. The predicted molar refractivity (Wildman–Crippen MR) is 225 cm³/mol. The summed E-state index contributed by atoms with van der Waals surface area (Å²) in [6, 6.07) is 60.4. The van der Waals surface area contributed by atoms with Crippen LogP contribution in [0.2, 0.25) is 0 Å². The van der Waals surface area contributed by atoms with Gasteiger partial charge in [0.25, 0.3) is 0 Å². The average molecular weight is 681 g/mol. The third kappa shape index (κ3) is 5.17. The maximum atomic E-state index is 2.42. The molecule has 0 bridgehead atoms. The highest BCUT2D eigenvalue weighted by Crippen LogP contribution is 2.50. The maximum Gasteiger partial charge on any atom is 0.0541 e. The van der Waals surface area contributed by atoms with Gasteiger partial charge < -0.3 is 9.47 Å². The summed E-state index contributed by atoms with van der Waals surface area (Å²) in [5.41, 5.74) is 17.4. The predicted octanol–water partition coefficient (Wildman–Crippen LogP) is 14.0. The summed E-state index contributed by atoms with van der Waals surface area (Å²) >= 11 is 0. The third-order valence-corrected chi connectivity index (χ3v) is 11.4. The van der Waals surface area contributed by atoms with Crippen LogP contribution >= 0.6 is 0 Å². The van der Waals surface area contributed by atoms with E-state index in [1.807, 2.05) is 0 Å². The number of hydrogen-bond acceptors (Lipinski definition) is 1. The van der Waals surface area contributed by atoms with Crippen molar-refractivity contribution in [3.8, 4) is 27.9 Å². The van der Waals surface area contributed by atoms with Crippen molar-refractivity contribution in [1.82, 2.24) is 4.57 Å². The molecule has 0 aliphatic heterocycles. The van der Waals surface area contributed by atoms with Crippen LogP contribution in [0.25, 0.3) is 55.3 Å². The first-order valence-corrected chi connectivity index (χ1v) is 18.8. The van der Waals surface area contributed by atoms with Gasteiger partial charge in [-0.2, -0.15) is 0 Å². The van der Waals surface area contributed by atoms with E-state index in [2.05, 4.69) is 205 Å². The van der Waals surface area contributed by atoms with Gasteiger partial charge in [0.1, 0.15) is 0 Å². The summed E-state index contributed by atoms with van der Waals surface area (Å²) in [5.74, 6) is 0. The van der Waals surface area contributed by atoms with Crippen molar-refractivity contribution < 1.29 is 0 Å². The number of para-hydroxylation sites is 2. The Labute approximate surface area is 311 Å². The van der Waals surface area contributed by atoms with Gasteiger partial charge in [-0.15, -0.1) is 0 Å². The van der Waals surface area contributed by atoms with Crippen LogP contribution in [0.5, 0.6) is 0 Å². The molecule has 0 amide bonds. The van der Waals surface area contributed by atoms with Crippen molar-refractivity contribution in [3.05, 3.63) is 199 Å². The van der Waals surface area contributed by atoms with Crippen LogP contribution in [-0.4, -0.2) is 4.57 Å². The quantitative estimate of drug-likeness (QED) is 0.170. The average Bonchev–Trinajstić information content (AvgIpc) is 3.67. The molecule has 0 spiro atoms. The second kappa shape index (κ2) is 12.4. The van der Waals surface area contributed by atoms with Gasteiger partial charge in [-0.05, 0) is 124 Å². The molecular weight excluding hydrogens is 641 g/mol. The van der Waals surface area contributed by atoms with Gasteiger partial charge in [-0.25, -0.2) is 0 Å². The molecule has 10 rings (SSSR count). The first kappa shape index (κ1) is 31.4. The van der Waals surface area contributed by atoms with Gasteiger partial charge in [0.2, 0.25) is 0 Å². The number of aromatic nitrogens is 1. The molecule has 0 fully saturated rings. The standard InChI is InChI=1S/C51H40N2/c1-51(2)47-19-11-9-17-43(47)44-31-30-42(34-48(44)51)52(40-26-21-36(22-27-40)35-13-5-3-6-14-35)41-28-23-37(24-29-41)38-25-32-50-46(33-38)45-18-10-12-20-49(45)53(50)39-15-7-4-8-16-39/h4-5,7-34H,3,6H2,1-2H3. The van der Waals surface area contributed by atoms with Gasteiger partial charge >= 0.3 is 0 Å². The largest absolute Gasteiger partial charge is 0.310 e. The van der Waals surface area contributed by atoms with Crippen LogP contribution in [0, 0.1) is 0 Å². The molecule has 7 aromatic carbocycles. The molecular formula is C51H40N2. The number of rotatable bonds is 6. The highest BCUT2D eigenvalue weighted by Gasteiger charge is 2.35. The summed E-state index contributed by atoms with van der Waals surface area (Å²) in [4.78, 5) is 2.41. The second-order valence-corrected chi connectivity index (χ2v) is 14.9. The van der Waals surface area contributed by atoms with Crippen LogP contribution in [0.4, 0.5) is 17.1 Å². The van der Waals surface area contributed by atoms with E-state index in [4.69, 9.17) is 0 Å². The zero-order valence-corrected chi connectivity index (χ0v) is 30.1. The van der Waals surface area contributed by atoms with Crippen molar-refractivity contribution in [2.45, 2.75) is 32.1 Å². The lowest BCUT2D eigenvalue weighted by atomic mass is 9.82. The van der Waals surface area contributed by atoms with Crippen molar-refractivity contribution in [1.29, 1.82) is 0 Å². The molecule has 2 aliphatic rings. The van der Waals surface area contributed by atoms with Crippen molar-refractivity contribution >= 4 is 44.4 Å². The van der Waals surface area contributed by atoms with E-state index in [0.29, 0.717) is 0 Å². The van der Waals surface area contributed by atoms with Crippen molar-refractivity contribution in [2.24, 2.45) is 0 Å². The molecule has 0 saturated carbocycles. The minimum atomic E-state index is -0.0800. The Bertz CT molecular complexity index is 2720.